The summed E-state index contributed by atoms with van der Waals surface area (Å²) >= 11 is 0. The summed E-state index contributed by atoms with van der Waals surface area (Å²) in [5, 5.41) is 5.80. The van der Waals surface area contributed by atoms with Gasteiger partial charge in [-0.1, -0.05) is 6.07 Å². The Morgan fingerprint density at radius 3 is 2.71 bits per heavy atom. The van der Waals surface area contributed by atoms with Gasteiger partial charge in [-0.15, -0.1) is 24.8 Å². The minimum atomic E-state index is 0. The average molecular weight is 280 g/mol. The van der Waals surface area contributed by atoms with Crippen LogP contribution in [0.25, 0.3) is 0 Å². The predicted molar refractivity (Wildman–Crippen MR) is 74.0 cm³/mol. The van der Waals surface area contributed by atoms with Crippen molar-refractivity contribution in [2.45, 2.75) is 12.8 Å². The molecule has 2 N–H and O–H groups in total. The fraction of sp³-hybridized carbons (Fsp3) is 0.455. The van der Waals surface area contributed by atoms with Crippen molar-refractivity contribution in [2.75, 3.05) is 20.1 Å². The van der Waals surface area contributed by atoms with Gasteiger partial charge < -0.3 is 10.6 Å². The Hall–Kier alpha value is -0.840. The molecule has 98 valence electrons. The van der Waals surface area contributed by atoms with Crippen LogP contribution in [0.2, 0.25) is 0 Å². The lowest BCUT2D eigenvalue weighted by atomic mass is 10.2. The van der Waals surface area contributed by atoms with Crippen molar-refractivity contribution in [1.82, 2.24) is 15.6 Å². The smallest absolute Gasteiger partial charge is 0.221 e. The second kappa shape index (κ2) is 11.6. The molecule has 0 bridgehead atoms. The molecule has 0 unspecified atom stereocenters. The van der Waals surface area contributed by atoms with E-state index in [1.54, 1.807) is 6.20 Å². The molecular weight excluding hydrogens is 261 g/mol. The average Bonchev–Trinajstić information content (AvgIpc) is 2.28. The maximum absolute atomic E-state index is 11.2. The van der Waals surface area contributed by atoms with Gasteiger partial charge in [0, 0.05) is 31.9 Å². The topological polar surface area (TPSA) is 54.0 Å². The number of aromatic nitrogens is 1. The molecule has 4 nitrogen and oxygen atoms in total. The van der Waals surface area contributed by atoms with Crippen LogP contribution in [0.4, 0.5) is 0 Å². The van der Waals surface area contributed by atoms with Gasteiger partial charge in [-0.25, -0.2) is 0 Å². The van der Waals surface area contributed by atoms with Gasteiger partial charge >= 0.3 is 0 Å². The first kappa shape index (κ1) is 18.5. The number of hydrogen-bond acceptors (Lipinski definition) is 3. The fourth-order valence-electron chi connectivity index (χ4n) is 1.22. The number of amides is 1. The summed E-state index contributed by atoms with van der Waals surface area (Å²) in [7, 11) is 1.84. The summed E-state index contributed by atoms with van der Waals surface area (Å²) in [6.07, 6.45) is 4.93. The minimum absolute atomic E-state index is 0. The van der Waals surface area contributed by atoms with Gasteiger partial charge in [0.2, 0.25) is 5.91 Å². The monoisotopic (exact) mass is 279 g/mol. The van der Waals surface area contributed by atoms with E-state index in [0.29, 0.717) is 13.0 Å². The Balaban J connectivity index is 0. The molecule has 1 amide bonds. The van der Waals surface area contributed by atoms with Crippen molar-refractivity contribution < 1.29 is 4.79 Å². The van der Waals surface area contributed by atoms with Crippen LogP contribution in [-0.2, 0) is 11.2 Å². The zero-order chi connectivity index (χ0) is 10.9. The van der Waals surface area contributed by atoms with Crippen molar-refractivity contribution in [3.8, 4) is 0 Å². The third-order valence-corrected chi connectivity index (χ3v) is 2.06. The lowest BCUT2D eigenvalue weighted by Gasteiger charge is -2.04. The number of carbonyl (C=O) groups excluding carboxylic acids is 1. The van der Waals surface area contributed by atoms with Crippen LogP contribution >= 0.6 is 24.8 Å². The summed E-state index contributed by atoms with van der Waals surface area (Å²) in [6.45, 7) is 1.40. The summed E-state index contributed by atoms with van der Waals surface area (Å²) in [5.74, 6) is 0.0910. The Morgan fingerprint density at radius 2 is 2.12 bits per heavy atom. The van der Waals surface area contributed by atoms with Crippen molar-refractivity contribution in [2.24, 2.45) is 0 Å². The van der Waals surface area contributed by atoms with Crippen molar-refractivity contribution >= 4 is 30.7 Å². The summed E-state index contributed by atoms with van der Waals surface area (Å²) in [4.78, 5) is 15.2. The van der Waals surface area contributed by atoms with Gasteiger partial charge in [0.25, 0.3) is 0 Å². The van der Waals surface area contributed by atoms with Crippen LogP contribution in [0.5, 0.6) is 0 Å². The molecule has 0 saturated carbocycles. The summed E-state index contributed by atoms with van der Waals surface area (Å²) < 4.78 is 0. The van der Waals surface area contributed by atoms with E-state index in [4.69, 9.17) is 0 Å². The molecule has 17 heavy (non-hydrogen) atoms. The van der Waals surface area contributed by atoms with Crippen LogP contribution in [0.1, 0.15) is 12.0 Å². The molecule has 0 atom stereocenters. The SMILES string of the molecule is CNCCC(=O)NCCc1cccnc1.Cl.Cl. The lowest BCUT2D eigenvalue weighted by Crippen LogP contribution is -2.28. The molecule has 1 heterocycles. The highest BCUT2D eigenvalue weighted by Gasteiger charge is 1.99. The third kappa shape index (κ3) is 8.92. The standard InChI is InChI=1S/C11H17N3O.2ClH/c1-12-7-5-11(15)14-8-4-10-3-2-6-13-9-10;;/h2-3,6,9,12H,4-5,7-8H2,1H3,(H,14,15);2*1H. The van der Waals surface area contributed by atoms with E-state index in [2.05, 4.69) is 15.6 Å². The molecule has 0 spiro atoms. The van der Waals surface area contributed by atoms with Crippen molar-refractivity contribution in [3.05, 3.63) is 30.1 Å². The van der Waals surface area contributed by atoms with Gasteiger partial charge in [0.1, 0.15) is 0 Å². The zero-order valence-corrected chi connectivity index (χ0v) is 11.4. The second-order valence-corrected chi connectivity index (χ2v) is 3.31. The Kier molecular flexibility index (Phi) is 12.7. The highest BCUT2D eigenvalue weighted by atomic mass is 35.5. The molecule has 0 aliphatic heterocycles. The van der Waals surface area contributed by atoms with E-state index in [-0.39, 0.29) is 30.7 Å². The quantitative estimate of drug-likeness (QED) is 0.823. The largest absolute Gasteiger partial charge is 0.356 e. The number of pyridine rings is 1. The highest BCUT2D eigenvalue weighted by Crippen LogP contribution is 1.95. The summed E-state index contributed by atoms with van der Waals surface area (Å²) in [6, 6.07) is 3.91. The first-order valence-corrected chi connectivity index (χ1v) is 5.13. The molecule has 0 radical (unpaired) electrons. The van der Waals surface area contributed by atoms with E-state index >= 15 is 0 Å². The zero-order valence-electron chi connectivity index (χ0n) is 9.81. The number of carbonyl (C=O) groups is 1. The van der Waals surface area contributed by atoms with Gasteiger partial charge in [0.15, 0.2) is 0 Å². The second-order valence-electron chi connectivity index (χ2n) is 3.31. The Labute approximate surface area is 114 Å². The first-order valence-electron chi connectivity index (χ1n) is 5.13. The van der Waals surface area contributed by atoms with Crippen LogP contribution in [-0.4, -0.2) is 31.0 Å². The van der Waals surface area contributed by atoms with Gasteiger partial charge in [-0.2, -0.15) is 0 Å². The highest BCUT2D eigenvalue weighted by molar-refractivity contribution is 5.85. The van der Waals surface area contributed by atoms with Gasteiger partial charge in [0.05, 0.1) is 0 Å². The van der Waals surface area contributed by atoms with E-state index in [1.165, 1.54) is 0 Å². The first-order chi connectivity index (χ1) is 7.33. The van der Waals surface area contributed by atoms with Crippen LogP contribution in [0, 0.1) is 0 Å². The molecule has 1 rings (SSSR count). The van der Waals surface area contributed by atoms with Gasteiger partial charge in [-0.3, -0.25) is 9.78 Å². The number of rotatable bonds is 6. The van der Waals surface area contributed by atoms with E-state index in [0.717, 1.165) is 18.5 Å². The molecule has 6 heteroatoms. The molecular formula is C11H19Cl2N3O. The molecule has 0 fully saturated rings. The Morgan fingerprint density at radius 1 is 1.35 bits per heavy atom. The number of nitrogens with zero attached hydrogens (tertiary/aromatic N) is 1. The molecule has 0 saturated heterocycles. The van der Waals surface area contributed by atoms with Crippen LogP contribution in [0.15, 0.2) is 24.5 Å². The van der Waals surface area contributed by atoms with E-state index < -0.39 is 0 Å². The molecule has 0 aromatic carbocycles. The molecule has 1 aromatic rings. The van der Waals surface area contributed by atoms with Crippen molar-refractivity contribution in [3.63, 3.8) is 0 Å². The maximum atomic E-state index is 11.2. The van der Waals surface area contributed by atoms with Crippen LogP contribution < -0.4 is 10.6 Å². The van der Waals surface area contributed by atoms with E-state index in [9.17, 15) is 4.79 Å². The normalized spacial score (nSPS) is 8.76. The maximum Gasteiger partial charge on any atom is 0.221 e. The lowest BCUT2D eigenvalue weighted by molar-refractivity contribution is -0.120. The Bertz CT molecular complexity index is 296. The number of halogens is 2. The predicted octanol–water partition coefficient (Wildman–Crippen LogP) is 1.19. The van der Waals surface area contributed by atoms with Crippen LogP contribution in [0.3, 0.4) is 0 Å². The van der Waals surface area contributed by atoms with E-state index in [1.807, 2.05) is 25.4 Å². The minimum Gasteiger partial charge on any atom is -0.356 e. The molecule has 0 aliphatic rings. The molecule has 0 aliphatic carbocycles. The molecule has 1 aromatic heterocycles. The fourth-order valence-corrected chi connectivity index (χ4v) is 1.22. The number of hydrogen-bond donors (Lipinski definition) is 2. The van der Waals surface area contributed by atoms with Gasteiger partial charge in [-0.05, 0) is 25.1 Å². The number of nitrogens with one attached hydrogen (secondary N) is 2. The third-order valence-electron chi connectivity index (χ3n) is 2.06. The van der Waals surface area contributed by atoms with Crippen molar-refractivity contribution in [1.29, 1.82) is 0 Å². The summed E-state index contributed by atoms with van der Waals surface area (Å²) in [5.41, 5.74) is 1.14.